The number of nitrogens with one attached hydrogen (secondary N) is 3. The molecule has 3 N–H and O–H groups in total. The molecule has 2 aromatic heterocycles. The van der Waals surface area contributed by atoms with Crippen LogP contribution in [0.4, 0.5) is 22.5 Å². The van der Waals surface area contributed by atoms with E-state index in [0.717, 1.165) is 22.1 Å². The third-order valence-corrected chi connectivity index (χ3v) is 6.37. The van der Waals surface area contributed by atoms with Crippen LogP contribution in [0.2, 0.25) is 0 Å². The summed E-state index contributed by atoms with van der Waals surface area (Å²) >= 11 is 1.30. The van der Waals surface area contributed by atoms with Crippen LogP contribution in [0.1, 0.15) is 5.56 Å². The van der Waals surface area contributed by atoms with Crippen LogP contribution in [0.3, 0.4) is 0 Å². The molecule has 0 fully saturated rings. The van der Waals surface area contributed by atoms with Gasteiger partial charge < -0.3 is 5.32 Å². The van der Waals surface area contributed by atoms with E-state index in [1.165, 1.54) is 23.5 Å². The molecule has 0 saturated heterocycles. The van der Waals surface area contributed by atoms with Crippen molar-refractivity contribution in [1.29, 1.82) is 0 Å². The van der Waals surface area contributed by atoms with E-state index in [9.17, 15) is 18.5 Å². The average Bonchev–Trinajstić information content (AvgIpc) is 3.15. The van der Waals surface area contributed by atoms with Crippen LogP contribution < -0.4 is 15.6 Å². The summed E-state index contributed by atoms with van der Waals surface area (Å²) in [5, 5.41) is 14.9. The zero-order chi connectivity index (χ0) is 22.0. The number of hydrazine groups is 1. The molecule has 0 aliphatic heterocycles. The predicted molar refractivity (Wildman–Crippen MR) is 117 cm³/mol. The van der Waals surface area contributed by atoms with Crippen LogP contribution in [0.15, 0.2) is 59.8 Å². The Labute approximate surface area is 180 Å². The fourth-order valence-electron chi connectivity index (χ4n) is 2.65. The molecule has 0 unspecified atom stereocenters. The highest BCUT2D eigenvalue weighted by molar-refractivity contribution is 7.89. The highest BCUT2D eigenvalue weighted by Crippen LogP contribution is 2.33. The van der Waals surface area contributed by atoms with E-state index >= 15 is 0 Å². The van der Waals surface area contributed by atoms with Crippen molar-refractivity contribution in [2.75, 3.05) is 10.7 Å². The molecule has 2 heterocycles. The van der Waals surface area contributed by atoms with Crippen LogP contribution in [-0.2, 0) is 10.0 Å². The molecule has 0 atom stereocenters. The van der Waals surface area contributed by atoms with E-state index in [-0.39, 0.29) is 16.5 Å². The first-order valence-electron chi connectivity index (χ1n) is 8.80. The molecule has 13 heteroatoms. The molecule has 0 aliphatic carbocycles. The topological polar surface area (TPSA) is 152 Å². The van der Waals surface area contributed by atoms with E-state index in [1.807, 2.05) is 31.2 Å². The first-order chi connectivity index (χ1) is 14.8. The molecule has 0 amide bonds. The summed E-state index contributed by atoms with van der Waals surface area (Å²) in [5.74, 6) is -0.449. The maximum atomic E-state index is 12.5. The molecule has 0 aliphatic rings. The van der Waals surface area contributed by atoms with Crippen molar-refractivity contribution in [1.82, 2.24) is 19.8 Å². The van der Waals surface area contributed by atoms with Gasteiger partial charge in [0, 0.05) is 0 Å². The minimum Gasteiger partial charge on any atom is -0.310 e. The molecule has 2 aromatic carbocycles. The Morgan fingerprint density at radius 3 is 2.45 bits per heavy atom. The number of benzene rings is 2. The molecule has 0 bridgehead atoms. The lowest BCUT2D eigenvalue weighted by molar-refractivity contribution is -0.383. The second kappa shape index (κ2) is 8.22. The van der Waals surface area contributed by atoms with Crippen LogP contribution in [0.5, 0.6) is 0 Å². The zero-order valence-electron chi connectivity index (χ0n) is 15.9. The Bertz CT molecular complexity index is 1340. The summed E-state index contributed by atoms with van der Waals surface area (Å²) in [7, 11) is -3.98. The monoisotopic (exact) mass is 457 g/mol. The molecule has 4 aromatic rings. The second-order valence-electron chi connectivity index (χ2n) is 6.33. The van der Waals surface area contributed by atoms with Crippen molar-refractivity contribution < 1.29 is 13.3 Å². The number of para-hydroxylation sites is 1. The summed E-state index contributed by atoms with van der Waals surface area (Å²) < 4.78 is 25.8. The average molecular weight is 457 g/mol. The summed E-state index contributed by atoms with van der Waals surface area (Å²) in [6.07, 6.45) is 1.07. The Kier molecular flexibility index (Phi) is 5.46. The number of thiazole rings is 1. The van der Waals surface area contributed by atoms with Crippen LogP contribution in [0.25, 0.3) is 10.2 Å². The van der Waals surface area contributed by atoms with E-state index in [1.54, 1.807) is 12.1 Å². The summed E-state index contributed by atoms with van der Waals surface area (Å²) in [5.41, 5.74) is 3.40. The van der Waals surface area contributed by atoms with Crippen molar-refractivity contribution in [3.05, 3.63) is 70.5 Å². The molecule has 0 saturated carbocycles. The second-order valence-corrected chi connectivity index (χ2v) is 9.04. The smallest absolute Gasteiger partial charge is 0.310 e. The van der Waals surface area contributed by atoms with Crippen LogP contribution in [-0.4, -0.2) is 28.3 Å². The summed E-state index contributed by atoms with van der Waals surface area (Å²) in [6, 6.07) is 13.5. The quantitative estimate of drug-likeness (QED) is 0.280. The third kappa shape index (κ3) is 4.42. The molecule has 31 heavy (non-hydrogen) atoms. The van der Waals surface area contributed by atoms with Crippen molar-refractivity contribution in [2.24, 2.45) is 0 Å². The summed E-state index contributed by atoms with van der Waals surface area (Å²) in [6.45, 7) is 1.83. The standard InChI is InChI=1S/C18H15N7O4S2/c1-11-6-8-12(9-7-11)31(28,29)24-23-17-15(25(26)27)16(19-10-20-17)22-18-21-13-4-2-3-5-14(13)30-18/h2-10,24H,1H3,(H2,19,20,21,22,23). The SMILES string of the molecule is Cc1ccc(S(=O)(=O)NNc2ncnc(Nc3nc4ccccc4s3)c2[N+](=O)[O-])cc1. The van der Waals surface area contributed by atoms with Gasteiger partial charge in [-0.2, -0.15) is 0 Å². The van der Waals surface area contributed by atoms with Gasteiger partial charge in [0.1, 0.15) is 6.33 Å². The largest absolute Gasteiger partial charge is 0.355 e. The van der Waals surface area contributed by atoms with E-state index in [4.69, 9.17) is 0 Å². The number of nitrogens with zero attached hydrogens (tertiary/aromatic N) is 4. The van der Waals surface area contributed by atoms with Gasteiger partial charge in [0.25, 0.3) is 10.0 Å². The van der Waals surface area contributed by atoms with Gasteiger partial charge in [0.15, 0.2) is 5.13 Å². The number of hydrogen-bond donors (Lipinski definition) is 3. The number of fused-ring (bicyclic) bond motifs is 1. The highest BCUT2D eigenvalue weighted by atomic mass is 32.2. The maximum Gasteiger partial charge on any atom is 0.355 e. The Morgan fingerprint density at radius 1 is 1.03 bits per heavy atom. The Hall–Kier alpha value is -3.68. The minimum atomic E-state index is -3.98. The van der Waals surface area contributed by atoms with Gasteiger partial charge in [0.05, 0.1) is 20.0 Å². The lowest BCUT2D eigenvalue weighted by Crippen LogP contribution is -2.30. The molecule has 11 nitrogen and oxygen atoms in total. The maximum absolute atomic E-state index is 12.5. The third-order valence-electron chi connectivity index (χ3n) is 4.16. The molecule has 4 rings (SSSR count). The van der Waals surface area contributed by atoms with E-state index in [0.29, 0.717) is 5.13 Å². The first-order valence-corrected chi connectivity index (χ1v) is 11.1. The number of hydrogen-bond acceptors (Lipinski definition) is 10. The van der Waals surface area contributed by atoms with Gasteiger partial charge in [-0.1, -0.05) is 41.2 Å². The number of rotatable bonds is 7. The van der Waals surface area contributed by atoms with Gasteiger partial charge in [-0.3, -0.25) is 15.5 Å². The van der Waals surface area contributed by atoms with Gasteiger partial charge >= 0.3 is 5.69 Å². The fraction of sp³-hybridized carbons (Fsp3) is 0.0556. The number of anilines is 3. The molecule has 0 radical (unpaired) electrons. The number of sulfonamides is 1. The zero-order valence-corrected chi connectivity index (χ0v) is 17.6. The van der Waals surface area contributed by atoms with Gasteiger partial charge in [-0.15, -0.1) is 4.83 Å². The number of nitro groups is 1. The lowest BCUT2D eigenvalue weighted by Gasteiger charge is -2.10. The molecular formula is C18H15N7O4S2. The number of aromatic nitrogens is 3. The first kappa shape index (κ1) is 20.6. The normalized spacial score (nSPS) is 11.4. The molecule has 158 valence electrons. The Morgan fingerprint density at radius 2 is 1.74 bits per heavy atom. The van der Waals surface area contributed by atoms with Crippen molar-refractivity contribution >= 4 is 54.0 Å². The van der Waals surface area contributed by atoms with Crippen LogP contribution in [0, 0.1) is 17.0 Å². The molecule has 0 spiro atoms. The van der Waals surface area contributed by atoms with Crippen molar-refractivity contribution in [2.45, 2.75) is 11.8 Å². The minimum absolute atomic E-state index is 0.00451. The van der Waals surface area contributed by atoms with Crippen molar-refractivity contribution in [3.8, 4) is 0 Å². The fourth-order valence-corrected chi connectivity index (χ4v) is 4.36. The van der Waals surface area contributed by atoms with Crippen LogP contribution >= 0.6 is 11.3 Å². The summed E-state index contributed by atoms with van der Waals surface area (Å²) in [4.78, 5) is 25.2. The van der Waals surface area contributed by atoms with Crippen molar-refractivity contribution in [3.63, 3.8) is 0 Å². The lowest BCUT2D eigenvalue weighted by atomic mass is 10.2. The van der Waals surface area contributed by atoms with E-state index < -0.39 is 20.6 Å². The van der Waals surface area contributed by atoms with Gasteiger partial charge in [0.2, 0.25) is 11.6 Å². The van der Waals surface area contributed by atoms with Gasteiger partial charge in [-0.05, 0) is 31.2 Å². The number of aryl methyl sites for hydroxylation is 1. The Balaban J connectivity index is 1.61. The van der Waals surface area contributed by atoms with E-state index in [2.05, 4.69) is 30.5 Å². The van der Waals surface area contributed by atoms with Gasteiger partial charge in [-0.25, -0.2) is 23.4 Å². The predicted octanol–water partition coefficient (Wildman–Crippen LogP) is 3.35. The molecular weight excluding hydrogens is 442 g/mol. The highest BCUT2D eigenvalue weighted by Gasteiger charge is 2.25.